The van der Waals surface area contributed by atoms with Gasteiger partial charge < -0.3 is 13.7 Å². The van der Waals surface area contributed by atoms with E-state index in [4.69, 9.17) is 13.7 Å². The summed E-state index contributed by atoms with van der Waals surface area (Å²) >= 11 is 2.77. The predicted octanol–water partition coefficient (Wildman–Crippen LogP) is 5.49. The van der Waals surface area contributed by atoms with Crippen LogP contribution < -0.4 is 13.7 Å². The summed E-state index contributed by atoms with van der Waals surface area (Å²) < 4.78 is 42.4. The molecule has 8 nitrogen and oxygen atoms in total. The highest BCUT2D eigenvalue weighted by molar-refractivity contribution is 14.1. The molecule has 3 aromatic carbocycles. The number of ether oxygens (including phenoxy) is 2. The number of thioether (sulfide) groups is 1. The van der Waals surface area contributed by atoms with Gasteiger partial charge in [0.1, 0.15) is 17.3 Å². The molecule has 0 spiro atoms. The van der Waals surface area contributed by atoms with Crippen molar-refractivity contribution in [2.45, 2.75) is 11.8 Å². The van der Waals surface area contributed by atoms with Gasteiger partial charge in [-0.1, -0.05) is 35.9 Å². The van der Waals surface area contributed by atoms with Gasteiger partial charge >= 0.3 is 10.1 Å². The summed E-state index contributed by atoms with van der Waals surface area (Å²) in [6.07, 6.45) is 1.56. The first-order chi connectivity index (χ1) is 17.7. The lowest BCUT2D eigenvalue weighted by molar-refractivity contribution is -0.123. The number of aryl methyl sites for hydroxylation is 1. The second kappa shape index (κ2) is 11.6. The zero-order valence-electron chi connectivity index (χ0n) is 19.8. The molecular formula is C26H22INO7S2. The van der Waals surface area contributed by atoms with E-state index in [9.17, 15) is 18.0 Å². The molecule has 4 rings (SSSR count). The van der Waals surface area contributed by atoms with Crippen LogP contribution in [0.4, 0.5) is 4.79 Å². The highest BCUT2D eigenvalue weighted by Crippen LogP contribution is 2.38. The average Bonchev–Trinajstić information content (AvgIpc) is 3.13. The standard InChI is InChI=1S/C26H22INO7S2/c1-17-8-10-20(11-9-17)37(31,32)35-24-21(27)14-18(15-22(24)33-2)16-23-25(29)28(26(30)36-23)12-13-34-19-6-4-3-5-7-19/h3-11,14-16H,12-13H2,1-2H3/b23-16-. The van der Waals surface area contributed by atoms with E-state index in [0.29, 0.717) is 14.9 Å². The second-order valence-electron chi connectivity index (χ2n) is 7.88. The Labute approximate surface area is 232 Å². The average molecular weight is 652 g/mol. The molecule has 192 valence electrons. The number of hydrogen-bond donors (Lipinski definition) is 0. The number of nitrogens with zero attached hydrogens (tertiary/aromatic N) is 1. The minimum absolute atomic E-state index is 0.0185. The third-order valence-corrected chi connectivity index (χ3v) is 8.20. The molecule has 2 amide bonds. The van der Waals surface area contributed by atoms with E-state index in [1.807, 2.05) is 47.7 Å². The molecule has 0 unspecified atom stereocenters. The van der Waals surface area contributed by atoms with Crippen LogP contribution in [0.5, 0.6) is 17.2 Å². The lowest BCUT2D eigenvalue weighted by Gasteiger charge is -2.14. The molecule has 1 heterocycles. The van der Waals surface area contributed by atoms with Gasteiger partial charge in [0.25, 0.3) is 11.1 Å². The van der Waals surface area contributed by atoms with E-state index in [1.165, 1.54) is 19.2 Å². The molecular weight excluding hydrogens is 629 g/mol. The van der Waals surface area contributed by atoms with Gasteiger partial charge in [-0.2, -0.15) is 8.42 Å². The van der Waals surface area contributed by atoms with E-state index < -0.39 is 21.3 Å². The van der Waals surface area contributed by atoms with Crippen LogP contribution >= 0.6 is 34.4 Å². The van der Waals surface area contributed by atoms with Crippen molar-refractivity contribution in [3.05, 3.63) is 86.3 Å². The molecule has 0 aliphatic carbocycles. The summed E-state index contributed by atoms with van der Waals surface area (Å²) in [5.41, 5.74) is 1.47. The third kappa shape index (κ3) is 6.46. The van der Waals surface area contributed by atoms with Crippen molar-refractivity contribution in [2.75, 3.05) is 20.3 Å². The smallest absolute Gasteiger partial charge is 0.339 e. The summed E-state index contributed by atoms with van der Waals surface area (Å²) in [6, 6.07) is 18.6. The van der Waals surface area contributed by atoms with Crippen LogP contribution in [-0.2, 0) is 14.9 Å². The minimum Gasteiger partial charge on any atom is -0.493 e. The maximum atomic E-state index is 12.9. The quantitative estimate of drug-likeness (QED) is 0.170. The van der Waals surface area contributed by atoms with Gasteiger partial charge in [0, 0.05) is 0 Å². The molecule has 0 bridgehead atoms. The maximum Gasteiger partial charge on any atom is 0.339 e. The van der Waals surface area contributed by atoms with Crippen LogP contribution in [-0.4, -0.2) is 44.7 Å². The minimum atomic E-state index is -4.09. The fourth-order valence-electron chi connectivity index (χ4n) is 3.38. The summed E-state index contributed by atoms with van der Waals surface area (Å²) in [7, 11) is -2.70. The van der Waals surface area contributed by atoms with Crippen molar-refractivity contribution in [2.24, 2.45) is 0 Å². The highest BCUT2D eigenvalue weighted by atomic mass is 127. The number of benzene rings is 3. The summed E-state index contributed by atoms with van der Waals surface area (Å²) in [6.45, 7) is 2.14. The molecule has 1 aliphatic rings. The normalized spacial score (nSPS) is 14.8. The first-order valence-corrected chi connectivity index (χ1v) is 14.3. The summed E-state index contributed by atoms with van der Waals surface area (Å²) in [5, 5.41) is -0.390. The zero-order chi connectivity index (χ0) is 26.6. The van der Waals surface area contributed by atoms with E-state index in [-0.39, 0.29) is 34.5 Å². The fourth-order valence-corrected chi connectivity index (χ4v) is 6.09. The molecule has 0 saturated carbocycles. The number of hydrogen-bond acceptors (Lipinski definition) is 8. The van der Waals surface area contributed by atoms with Crippen molar-refractivity contribution >= 4 is 61.7 Å². The predicted molar refractivity (Wildman–Crippen MR) is 149 cm³/mol. The number of imide groups is 1. The van der Waals surface area contributed by atoms with Crippen LogP contribution in [0.3, 0.4) is 0 Å². The SMILES string of the molecule is COc1cc(/C=C2\SC(=O)N(CCOc3ccccc3)C2=O)cc(I)c1OS(=O)(=O)c1ccc(C)cc1. The molecule has 11 heteroatoms. The van der Waals surface area contributed by atoms with Crippen LogP contribution in [0.25, 0.3) is 6.08 Å². The first kappa shape index (κ1) is 27.0. The monoisotopic (exact) mass is 651 g/mol. The Balaban J connectivity index is 1.51. The lowest BCUT2D eigenvalue weighted by atomic mass is 10.2. The Morgan fingerprint density at radius 1 is 1.03 bits per heavy atom. The Morgan fingerprint density at radius 2 is 1.73 bits per heavy atom. The number of carbonyl (C=O) groups excluding carboxylic acids is 2. The van der Waals surface area contributed by atoms with Gasteiger partial charge in [0.05, 0.1) is 22.1 Å². The summed E-state index contributed by atoms with van der Waals surface area (Å²) in [5.74, 6) is 0.428. The van der Waals surface area contributed by atoms with E-state index in [1.54, 1.807) is 42.5 Å². The van der Waals surface area contributed by atoms with Crippen molar-refractivity contribution in [1.29, 1.82) is 0 Å². The van der Waals surface area contributed by atoms with Crippen molar-refractivity contribution in [3.63, 3.8) is 0 Å². The third-order valence-electron chi connectivity index (χ3n) is 5.25. The van der Waals surface area contributed by atoms with Crippen molar-refractivity contribution < 1.29 is 31.7 Å². The Morgan fingerprint density at radius 3 is 2.41 bits per heavy atom. The van der Waals surface area contributed by atoms with Gasteiger partial charge in [0.2, 0.25) is 0 Å². The first-order valence-electron chi connectivity index (χ1n) is 11.0. The van der Waals surface area contributed by atoms with E-state index in [0.717, 1.165) is 22.2 Å². The van der Waals surface area contributed by atoms with Crippen molar-refractivity contribution in [3.8, 4) is 17.2 Å². The molecule has 1 fully saturated rings. The second-order valence-corrected chi connectivity index (χ2v) is 11.6. The molecule has 0 aromatic heterocycles. The van der Waals surface area contributed by atoms with Crippen molar-refractivity contribution in [1.82, 2.24) is 4.90 Å². The number of halogens is 1. The molecule has 0 radical (unpaired) electrons. The maximum absolute atomic E-state index is 12.9. The molecule has 3 aromatic rings. The largest absolute Gasteiger partial charge is 0.493 e. The fraction of sp³-hybridized carbons (Fsp3) is 0.154. The Hall–Kier alpha value is -3.03. The van der Waals surface area contributed by atoms with Gasteiger partial charge in [-0.25, -0.2) is 0 Å². The molecule has 1 saturated heterocycles. The number of rotatable bonds is 9. The van der Waals surface area contributed by atoms with Gasteiger partial charge in [0.15, 0.2) is 11.5 Å². The Bertz CT molecular complexity index is 1460. The lowest BCUT2D eigenvalue weighted by Crippen LogP contribution is -2.32. The topological polar surface area (TPSA) is 99.2 Å². The number of carbonyl (C=O) groups is 2. The highest BCUT2D eigenvalue weighted by Gasteiger charge is 2.35. The molecule has 37 heavy (non-hydrogen) atoms. The Kier molecular flexibility index (Phi) is 8.45. The van der Waals surface area contributed by atoms with E-state index >= 15 is 0 Å². The molecule has 0 atom stereocenters. The number of methoxy groups -OCH3 is 1. The van der Waals surface area contributed by atoms with Crippen LogP contribution in [0.1, 0.15) is 11.1 Å². The molecule has 0 N–H and O–H groups in total. The van der Waals surface area contributed by atoms with E-state index in [2.05, 4.69) is 0 Å². The summed E-state index contributed by atoms with van der Waals surface area (Å²) in [4.78, 5) is 26.7. The van der Waals surface area contributed by atoms with Gasteiger partial charge in [-0.05, 0) is 89.3 Å². The number of amides is 2. The van der Waals surface area contributed by atoms with Crippen LogP contribution in [0, 0.1) is 10.5 Å². The van der Waals surface area contributed by atoms with Crippen LogP contribution in [0.2, 0.25) is 0 Å². The van der Waals surface area contributed by atoms with Gasteiger partial charge in [-0.3, -0.25) is 14.5 Å². The molecule has 1 aliphatic heterocycles. The van der Waals surface area contributed by atoms with Crippen LogP contribution in [0.15, 0.2) is 76.5 Å². The zero-order valence-corrected chi connectivity index (χ0v) is 23.6. The number of para-hydroxylation sites is 1. The van der Waals surface area contributed by atoms with Gasteiger partial charge in [-0.15, -0.1) is 0 Å².